The van der Waals surface area contributed by atoms with E-state index in [1.54, 1.807) is 0 Å². The molecule has 0 bridgehead atoms. The highest BCUT2D eigenvalue weighted by Gasteiger charge is 2.36. The number of nitro benzene ring substituents is 1. The van der Waals surface area contributed by atoms with E-state index < -0.39 is 16.4 Å². The Kier molecular flexibility index (Phi) is 4.09. The van der Waals surface area contributed by atoms with Gasteiger partial charge >= 0.3 is 5.97 Å². The van der Waals surface area contributed by atoms with Gasteiger partial charge in [0.2, 0.25) is 0 Å². The molecule has 0 saturated carbocycles. The third-order valence-electron chi connectivity index (χ3n) is 3.39. The van der Waals surface area contributed by atoms with Gasteiger partial charge in [0.25, 0.3) is 5.69 Å². The van der Waals surface area contributed by atoms with E-state index in [4.69, 9.17) is 5.73 Å². The van der Waals surface area contributed by atoms with Crippen LogP contribution in [-0.4, -0.2) is 21.1 Å². The van der Waals surface area contributed by atoms with E-state index in [9.17, 15) is 25.1 Å². The van der Waals surface area contributed by atoms with Gasteiger partial charge < -0.3 is 15.9 Å². The quantitative estimate of drug-likeness (QED) is 0.570. The fraction of sp³-hybridized carbons (Fsp3) is 0.133. The van der Waals surface area contributed by atoms with Gasteiger partial charge in [-0.25, -0.2) is 4.79 Å². The number of phenols is 1. The highest BCUT2D eigenvalue weighted by molar-refractivity contribution is 5.81. The number of hydrogen-bond acceptors (Lipinski definition) is 5. The first-order valence-corrected chi connectivity index (χ1v) is 6.38. The van der Waals surface area contributed by atoms with Crippen LogP contribution in [0.2, 0.25) is 0 Å². The molecule has 0 aliphatic rings. The van der Waals surface area contributed by atoms with Crippen LogP contribution in [-0.2, 0) is 16.8 Å². The van der Waals surface area contributed by atoms with E-state index in [0.29, 0.717) is 11.1 Å². The van der Waals surface area contributed by atoms with Gasteiger partial charge in [0.05, 0.1) is 4.92 Å². The molecule has 0 saturated heterocycles. The fourth-order valence-corrected chi connectivity index (χ4v) is 2.12. The molecule has 0 radical (unpaired) electrons. The Balaban J connectivity index is 2.34. The van der Waals surface area contributed by atoms with Gasteiger partial charge in [0.15, 0.2) is 0 Å². The van der Waals surface area contributed by atoms with E-state index >= 15 is 0 Å². The minimum atomic E-state index is -1.69. The third-order valence-corrected chi connectivity index (χ3v) is 3.39. The molecule has 7 nitrogen and oxygen atoms in total. The topological polar surface area (TPSA) is 127 Å². The Bertz CT molecular complexity index is 697. The van der Waals surface area contributed by atoms with E-state index in [-0.39, 0.29) is 17.9 Å². The van der Waals surface area contributed by atoms with Gasteiger partial charge in [-0.1, -0.05) is 24.3 Å². The Morgan fingerprint density at radius 2 is 1.68 bits per heavy atom. The van der Waals surface area contributed by atoms with Crippen molar-refractivity contribution in [1.29, 1.82) is 0 Å². The maximum atomic E-state index is 11.6. The zero-order valence-corrected chi connectivity index (χ0v) is 11.5. The molecular formula is C15H14N2O5. The predicted molar refractivity (Wildman–Crippen MR) is 78.4 cm³/mol. The second-order valence-corrected chi connectivity index (χ2v) is 4.92. The molecule has 114 valence electrons. The molecular weight excluding hydrogens is 288 g/mol. The molecule has 2 aromatic carbocycles. The van der Waals surface area contributed by atoms with Crippen LogP contribution in [0.25, 0.3) is 0 Å². The molecule has 0 aromatic heterocycles. The highest BCUT2D eigenvalue weighted by Crippen LogP contribution is 2.26. The second-order valence-electron chi connectivity index (χ2n) is 4.92. The van der Waals surface area contributed by atoms with Crippen molar-refractivity contribution in [1.82, 2.24) is 0 Å². The van der Waals surface area contributed by atoms with Gasteiger partial charge in [-0.05, 0) is 23.3 Å². The summed E-state index contributed by atoms with van der Waals surface area (Å²) >= 11 is 0. The van der Waals surface area contributed by atoms with Crippen molar-refractivity contribution in [2.75, 3.05) is 0 Å². The van der Waals surface area contributed by atoms with Crippen molar-refractivity contribution in [3.8, 4) is 5.75 Å². The van der Waals surface area contributed by atoms with Crippen molar-refractivity contribution in [3.05, 3.63) is 69.8 Å². The second kappa shape index (κ2) is 5.82. The number of phenolic OH excluding ortho intramolecular Hbond substituents is 1. The van der Waals surface area contributed by atoms with Gasteiger partial charge in [-0.15, -0.1) is 0 Å². The zero-order valence-electron chi connectivity index (χ0n) is 11.5. The summed E-state index contributed by atoms with van der Waals surface area (Å²) in [5.74, 6) is -1.22. The van der Waals surface area contributed by atoms with Crippen LogP contribution in [0.4, 0.5) is 5.69 Å². The van der Waals surface area contributed by atoms with E-state index in [1.165, 1.54) is 48.5 Å². The number of carbonyl (C=O) groups is 1. The lowest BCUT2D eigenvalue weighted by molar-refractivity contribution is -0.384. The van der Waals surface area contributed by atoms with Crippen LogP contribution in [0, 0.1) is 10.1 Å². The monoisotopic (exact) mass is 302 g/mol. The number of aliphatic carboxylic acids is 1. The minimum absolute atomic E-state index is 0.00632. The maximum absolute atomic E-state index is 11.6. The number of benzene rings is 2. The molecule has 0 aliphatic carbocycles. The third kappa shape index (κ3) is 3.04. The van der Waals surface area contributed by atoms with Gasteiger partial charge in [-0.2, -0.15) is 0 Å². The number of hydrogen-bond donors (Lipinski definition) is 3. The average molecular weight is 302 g/mol. The minimum Gasteiger partial charge on any atom is -0.508 e. The Labute approximate surface area is 125 Å². The van der Waals surface area contributed by atoms with Crippen LogP contribution >= 0.6 is 0 Å². The average Bonchev–Trinajstić information content (AvgIpc) is 2.48. The highest BCUT2D eigenvalue weighted by atomic mass is 16.6. The largest absolute Gasteiger partial charge is 0.508 e. The Morgan fingerprint density at radius 3 is 2.14 bits per heavy atom. The van der Waals surface area contributed by atoms with Crippen molar-refractivity contribution in [2.45, 2.75) is 12.0 Å². The summed E-state index contributed by atoms with van der Waals surface area (Å²) in [5, 5.41) is 29.4. The lowest BCUT2D eigenvalue weighted by atomic mass is 9.84. The first kappa shape index (κ1) is 15.5. The summed E-state index contributed by atoms with van der Waals surface area (Å²) in [5.41, 5.74) is 5.15. The number of carboxylic acid groups (broad SMARTS) is 1. The summed E-state index contributed by atoms with van der Waals surface area (Å²) in [4.78, 5) is 21.7. The number of non-ortho nitro benzene ring substituents is 1. The number of carboxylic acids is 1. The smallest absolute Gasteiger partial charge is 0.328 e. The van der Waals surface area contributed by atoms with E-state index in [0.717, 1.165) is 0 Å². The van der Waals surface area contributed by atoms with Crippen molar-refractivity contribution < 1.29 is 19.9 Å². The molecule has 7 heteroatoms. The van der Waals surface area contributed by atoms with Crippen molar-refractivity contribution in [2.24, 2.45) is 5.73 Å². The fourth-order valence-electron chi connectivity index (χ4n) is 2.12. The Morgan fingerprint density at radius 1 is 1.14 bits per heavy atom. The number of rotatable bonds is 5. The molecule has 2 aromatic rings. The summed E-state index contributed by atoms with van der Waals surface area (Å²) < 4.78 is 0. The molecule has 2 rings (SSSR count). The first-order valence-electron chi connectivity index (χ1n) is 6.38. The SMILES string of the molecule is NC(Cc1ccc([N+](=O)[O-])cc1)(C(=O)O)c1ccc(O)cc1. The van der Waals surface area contributed by atoms with Gasteiger partial charge in [0.1, 0.15) is 11.3 Å². The molecule has 0 aliphatic heterocycles. The summed E-state index contributed by atoms with van der Waals surface area (Å²) in [6, 6.07) is 11.1. The molecule has 4 N–H and O–H groups in total. The lowest BCUT2D eigenvalue weighted by Gasteiger charge is -2.25. The van der Waals surface area contributed by atoms with Crippen molar-refractivity contribution in [3.63, 3.8) is 0 Å². The summed E-state index contributed by atoms with van der Waals surface area (Å²) in [6.45, 7) is 0. The van der Waals surface area contributed by atoms with Crippen LogP contribution in [0.1, 0.15) is 11.1 Å². The lowest BCUT2D eigenvalue weighted by Crippen LogP contribution is -2.46. The van der Waals surface area contributed by atoms with Gasteiger partial charge in [0, 0.05) is 18.6 Å². The number of nitro groups is 1. The summed E-state index contributed by atoms with van der Waals surface area (Å²) in [7, 11) is 0. The molecule has 1 atom stereocenters. The van der Waals surface area contributed by atoms with Crippen LogP contribution < -0.4 is 5.73 Å². The van der Waals surface area contributed by atoms with Crippen molar-refractivity contribution >= 4 is 11.7 Å². The van der Waals surface area contributed by atoms with Gasteiger partial charge in [-0.3, -0.25) is 10.1 Å². The molecule has 0 heterocycles. The molecule has 0 spiro atoms. The molecule has 0 amide bonds. The number of aromatic hydroxyl groups is 1. The first-order chi connectivity index (χ1) is 10.3. The van der Waals surface area contributed by atoms with Crippen LogP contribution in [0.3, 0.4) is 0 Å². The number of nitrogens with two attached hydrogens (primary N) is 1. The molecule has 22 heavy (non-hydrogen) atoms. The molecule has 0 fully saturated rings. The standard InChI is InChI=1S/C15H14N2O5/c16-15(14(19)20,11-3-7-13(18)8-4-11)9-10-1-5-12(6-2-10)17(21)22/h1-8,18H,9,16H2,(H,19,20). The Hall–Kier alpha value is -2.93. The number of nitrogens with zero attached hydrogens (tertiary/aromatic N) is 1. The maximum Gasteiger partial charge on any atom is 0.328 e. The predicted octanol–water partition coefficient (Wildman–Crippen LogP) is 1.78. The molecule has 1 unspecified atom stereocenters. The van der Waals surface area contributed by atoms with E-state index in [1.807, 2.05) is 0 Å². The normalized spacial score (nSPS) is 13.3. The summed E-state index contributed by atoms with van der Waals surface area (Å²) in [6.07, 6.45) is -0.0366. The van der Waals surface area contributed by atoms with Crippen LogP contribution in [0.15, 0.2) is 48.5 Å². The van der Waals surface area contributed by atoms with Crippen LogP contribution in [0.5, 0.6) is 5.75 Å². The zero-order chi connectivity index (χ0) is 16.3. The van der Waals surface area contributed by atoms with E-state index in [2.05, 4.69) is 0 Å².